The summed E-state index contributed by atoms with van der Waals surface area (Å²) in [6.07, 6.45) is 0. The van der Waals surface area contributed by atoms with E-state index in [2.05, 4.69) is 228 Å². The van der Waals surface area contributed by atoms with Crippen molar-refractivity contribution in [1.82, 2.24) is 4.57 Å². The molecule has 12 rings (SSSR count). The van der Waals surface area contributed by atoms with Crippen molar-refractivity contribution in [2.24, 2.45) is 0 Å². The zero-order valence-electron chi connectivity index (χ0n) is 36.1. The highest BCUT2D eigenvalue weighted by atomic mass is 15.1. The zero-order valence-corrected chi connectivity index (χ0v) is 36.1. The van der Waals surface area contributed by atoms with Gasteiger partial charge < -0.3 is 9.38 Å². The first-order chi connectivity index (χ1) is 29.5. The summed E-state index contributed by atoms with van der Waals surface area (Å²) in [7, 11) is 0. The molecule has 3 aliphatic rings. The lowest BCUT2D eigenvalue weighted by atomic mass is 9.42. The molecule has 61 heavy (non-hydrogen) atoms. The topological polar surface area (TPSA) is 8.17 Å². The van der Waals surface area contributed by atoms with Crippen molar-refractivity contribution in [3.05, 3.63) is 209 Å². The molecule has 0 N–H and O–H groups in total. The summed E-state index contributed by atoms with van der Waals surface area (Å²) < 4.78 is 2.64. The minimum Gasteiger partial charge on any atom is -0.376 e. The molecule has 0 radical (unpaired) electrons. The Bertz CT molecular complexity index is 3250. The van der Waals surface area contributed by atoms with Gasteiger partial charge in [-0.1, -0.05) is 175 Å². The summed E-state index contributed by atoms with van der Waals surface area (Å²) in [5.41, 5.74) is 22.9. The quantitative estimate of drug-likeness (QED) is 0.162. The molecule has 0 fully saturated rings. The van der Waals surface area contributed by atoms with E-state index in [0.29, 0.717) is 0 Å². The predicted octanol–water partition coefficient (Wildman–Crippen LogP) is 13.3. The van der Waals surface area contributed by atoms with Crippen LogP contribution in [0.5, 0.6) is 0 Å². The monoisotopic (exact) mass is 784 g/mol. The van der Waals surface area contributed by atoms with Gasteiger partial charge in [0.2, 0.25) is 0 Å². The SMILES string of the molecule is Cc1ccccc1-c1cc2c3c(c1)-n1c4ccc(C(C)(C)C)cc4c4cc(C(C)(C)C)cc(c41)B3N1c3ccccc3C(c3ccccc3)(c3ccccc3)c3cccc-2c31. The van der Waals surface area contributed by atoms with Gasteiger partial charge in [-0.05, 0) is 121 Å². The van der Waals surface area contributed by atoms with Gasteiger partial charge in [0.15, 0.2) is 0 Å². The molecule has 0 atom stereocenters. The molecular formula is C58H49BN2. The smallest absolute Gasteiger partial charge is 0.333 e. The highest BCUT2D eigenvalue weighted by Gasteiger charge is 2.53. The third kappa shape index (κ3) is 4.86. The van der Waals surface area contributed by atoms with Crippen LogP contribution < -0.4 is 15.7 Å². The number of rotatable bonds is 3. The largest absolute Gasteiger partial charge is 0.376 e. The lowest BCUT2D eigenvalue weighted by molar-refractivity contribution is 0.590. The van der Waals surface area contributed by atoms with E-state index in [9.17, 15) is 0 Å². The van der Waals surface area contributed by atoms with E-state index >= 15 is 0 Å². The number of benzene rings is 8. The number of anilines is 2. The van der Waals surface area contributed by atoms with Crippen LogP contribution in [0.1, 0.15) is 80.5 Å². The van der Waals surface area contributed by atoms with Crippen LogP contribution in [0.3, 0.4) is 0 Å². The summed E-state index contributed by atoms with van der Waals surface area (Å²) in [5.74, 6) is 0. The first-order valence-corrected chi connectivity index (χ1v) is 22.0. The van der Waals surface area contributed by atoms with E-state index in [4.69, 9.17) is 0 Å². The van der Waals surface area contributed by atoms with Crippen LogP contribution >= 0.6 is 0 Å². The molecule has 4 heterocycles. The van der Waals surface area contributed by atoms with E-state index in [1.807, 2.05) is 0 Å². The lowest BCUT2D eigenvalue weighted by Gasteiger charge is -2.52. The molecule has 3 heteroatoms. The van der Waals surface area contributed by atoms with Gasteiger partial charge in [-0.15, -0.1) is 0 Å². The molecule has 2 nitrogen and oxygen atoms in total. The summed E-state index contributed by atoms with van der Waals surface area (Å²) in [4.78, 5) is 2.76. The van der Waals surface area contributed by atoms with Crippen molar-refractivity contribution in [3.8, 4) is 27.9 Å². The van der Waals surface area contributed by atoms with Gasteiger partial charge in [0, 0.05) is 33.4 Å². The molecular weight excluding hydrogens is 735 g/mol. The van der Waals surface area contributed by atoms with Crippen molar-refractivity contribution in [2.75, 3.05) is 4.81 Å². The maximum atomic E-state index is 2.76. The van der Waals surface area contributed by atoms with Crippen LogP contribution in [-0.2, 0) is 16.2 Å². The van der Waals surface area contributed by atoms with Gasteiger partial charge in [-0.25, -0.2) is 0 Å². The second kappa shape index (κ2) is 12.5. The van der Waals surface area contributed by atoms with Crippen LogP contribution in [0, 0.1) is 6.92 Å². The Labute approximate surface area is 360 Å². The van der Waals surface area contributed by atoms with Gasteiger partial charge in [-0.3, -0.25) is 0 Å². The number of aromatic nitrogens is 1. The summed E-state index contributed by atoms with van der Waals surface area (Å²) >= 11 is 0. The molecule has 0 aliphatic carbocycles. The van der Waals surface area contributed by atoms with E-state index in [0.717, 1.165) is 0 Å². The first-order valence-electron chi connectivity index (χ1n) is 22.0. The lowest BCUT2D eigenvalue weighted by Crippen LogP contribution is -2.62. The third-order valence-corrected chi connectivity index (χ3v) is 14.3. The standard InChI is InChI=1S/C58H49BN2/c1-36-19-14-15-24-42(36)37-31-45-43-25-18-27-48-54(43)61(51-28-17-16-26-47(51)58(48,38-20-10-8-11-21-38)39-22-12-9-13-23-39)59-49-35-41(57(5,6)7)34-46-44-33-40(56(2,3)4)29-30-50(44)60(55(46)49)52(32-37)53(45)59/h8-35H,1-7H3. The van der Waals surface area contributed by atoms with Crippen molar-refractivity contribution >= 4 is 51.0 Å². The van der Waals surface area contributed by atoms with Gasteiger partial charge >= 0.3 is 6.85 Å². The molecule has 9 aromatic rings. The van der Waals surface area contributed by atoms with Crippen molar-refractivity contribution < 1.29 is 0 Å². The fraction of sp³-hybridized carbons (Fsp3) is 0.172. The van der Waals surface area contributed by atoms with Gasteiger partial charge in [0.1, 0.15) is 0 Å². The molecule has 0 bridgehead atoms. The Morgan fingerprint density at radius 1 is 0.492 bits per heavy atom. The maximum Gasteiger partial charge on any atom is 0.333 e. The van der Waals surface area contributed by atoms with Gasteiger partial charge in [0.05, 0.1) is 16.4 Å². The van der Waals surface area contributed by atoms with E-state index in [1.165, 1.54) is 111 Å². The van der Waals surface area contributed by atoms with Crippen LogP contribution in [-0.4, -0.2) is 11.4 Å². The molecule has 0 saturated heterocycles. The summed E-state index contributed by atoms with van der Waals surface area (Å²) in [6, 6.07) is 65.2. The summed E-state index contributed by atoms with van der Waals surface area (Å²) in [6.45, 7) is 16.3. The number of fused-ring (bicyclic) bond motifs is 9. The second-order valence-corrected chi connectivity index (χ2v) is 19.8. The fourth-order valence-electron chi connectivity index (χ4n) is 11.4. The zero-order chi connectivity index (χ0) is 41.6. The van der Waals surface area contributed by atoms with Gasteiger partial charge in [0.25, 0.3) is 0 Å². The summed E-state index contributed by atoms with van der Waals surface area (Å²) in [5, 5.41) is 2.66. The van der Waals surface area contributed by atoms with Crippen molar-refractivity contribution in [1.29, 1.82) is 0 Å². The molecule has 0 spiro atoms. The Morgan fingerprint density at radius 3 is 1.82 bits per heavy atom. The average Bonchev–Trinajstić information content (AvgIpc) is 3.60. The van der Waals surface area contributed by atoms with E-state index in [1.54, 1.807) is 0 Å². The Hall–Kier alpha value is -6.58. The van der Waals surface area contributed by atoms with Crippen LogP contribution in [0.4, 0.5) is 11.4 Å². The molecule has 3 aliphatic heterocycles. The number of para-hydroxylation sites is 2. The number of hydrogen-bond donors (Lipinski definition) is 0. The minimum atomic E-state index is -0.551. The molecule has 294 valence electrons. The highest BCUT2D eigenvalue weighted by Crippen LogP contribution is 2.60. The molecule has 0 unspecified atom stereocenters. The number of nitrogens with zero attached hydrogens (tertiary/aromatic N) is 2. The number of aryl methyl sites for hydroxylation is 1. The molecule has 0 saturated carbocycles. The second-order valence-electron chi connectivity index (χ2n) is 19.8. The fourth-order valence-corrected chi connectivity index (χ4v) is 11.4. The van der Waals surface area contributed by atoms with E-state index in [-0.39, 0.29) is 17.7 Å². The van der Waals surface area contributed by atoms with Crippen LogP contribution in [0.25, 0.3) is 49.7 Å². The van der Waals surface area contributed by atoms with Crippen molar-refractivity contribution in [3.63, 3.8) is 0 Å². The van der Waals surface area contributed by atoms with Crippen LogP contribution in [0.2, 0.25) is 0 Å². The normalized spacial score (nSPS) is 14.5. The molecule has 8 aromatic carbocycles. The minimum absolute atomic E-state index is 0.0152. The average molecular weight is 785 g/mol. The van der Waals surface area contributed by atoms with Crippen LogP contribution in [0.15, 0.2) is 170 Å². The predicted molar refractivity (Wildman–Crippen MR) is 259 cm³/mol. The molecule has 1 aromatic heterocycles. The Kier molecular flexibility index (Phi) is 7.43. The first kappa shape index (κ1) is 36.3. The third-order valence-electron chi connectivity index (χ3n) is 14.3. The number of hydrogen-bond acceptors (Lipinski definition) is 1. The Balaban J connectivity index is 1.30. The van der Waals surface area contributed by atoms with Crippen molar-refractivity contribution in [2.45, 2.75) is 64.7 Å². The maximum absolute atomic E-state index is 2.76. The highest BCUT2D eigenvalue weighted by molar-refractivity contribution is 6.93. The van der Waals surface area contributed by atoms with E-state index < -0.39 is 5.41 Å². The Morgan fingerprint density at radius 2 is 1.11 bits per heavy atom. The molecule has 0 amide bonds. The van der Waals surface area contributed by atoms with Gasteiger partial charge in [-0.2, -0.15) is 0 Å².